The Kier molecular flexibility index (Phi) is 4.73. The largest absolute Gasteiger partial charge is 0.381 e. The van der Waals surface area contributed by atoms with E-state index in [0.717, 1.165) is 24.5 Å². The summed E-state index contributed by atoms with van der Waals surface area (Å²) in [6.07, 6.45) is 0. The van der Waals surface area contributed by atoms with Gasteiger partial charge in [-0.2, -0.15) is 0 Å². The molecule has 2 heteroatoms. The van der Waals surface area contributed by atoms with Crippen LogP contribution in [-0.2, 0) is 13.1 Å². The first-order valence-electron chi connectivity index (χ1n) is 7.56. The van der Waals surface area contributed by atoms with Crippen molar-refractivity contribution in [2.45, 2.75) is 13.1 Å². The lowest BCUT2D eigenvalue weighted by Gasteiger charge is -2.13. The fourth-order valence-corrected chi connectivity index (χ4v) is 2.41. The van der Waals surface area contributed by atoms with Crippen LogP contribution in [0, 0.1) is 0 Å². The first kappa shape index (κ1) is 14.2. The topological polar surface area (TPSA) is 24.1 Å². The van der Waals surface area contributed by atoms with Gasteiger partial charge in [0, 0.05) is 24.5 Å². The van der Waals surface area contributed by atoms with E-state index in [1.54, 1.807) is 0 Å². The molecule has 0 aliphatic carbocycles. The fourth-order valence-electron chi connectivity index (χ4n) is 2.41. The first-order chi connectivity index (χ1) is 10.9. The van der Waals surface area contributed by atoms with Crippen LogP contribution in [0.25, 0.3) is 0 Å². The molecule has 0 radical (unpaired) electrons. The lowest BCUT2D eigenvalue weighted by Crippen LogP contribution is -2.06. The molecule has 0 saturated carbocycles. The molecule has 0 saturated heterocycles. The number of hydrogen-bond acceptors (Lipinski definition) is 2. The number of hydrogen-bond donors (Lipinski definition) is 2. The summed E-state index contributed by atoms with van der Waals surface area (Å²) in [5.41, 5.74) is 4.92. The summed E-state index contributed by atoms with van der Waals surface area (Å²) in [7, 11) is 0. The minimum Gasteiger partial charge on any atom is -0.381 e. The molecule has 0 bridgehead atoms. The molecular formula is C20H20N2. The Morgan fingerprint density at radius 3 is 1.23 bits per heavy atom. The van der Waals surface area contributed by atoms with Crippen molar-refractivity contribution < 1.29 is 0 Å². The van der Waals surface area contributed by atoms with E-state index in [2.05, 4.69) is 59.2 Å². The fraction of sp³-hybridized carbons (Fsp3) is 0.100. The minimum absolute atomic E-state index is 0.830. The van der Waals surface area contributed by atoms with Crippen molar-refractivity contribution >= 4 is 11.4 Å². The smallest absolute Gasteiger partial charge is 0.0404 e. The van der Waals surface area contributed by atoms with Crippen LogP contribution in [0.4, 0.5) is 11.4 Å². The molecule has 3 aromatic carbocycles. The van der Waals surface area contributed by atoms with Crippen LogP contribution in [0.5, 0.6) is 0 Å². The van der Waals surface area contributed by atoms with Crippen molar-refractivity contribution in [3.8, 4) is 0 Å². The van der Waals surface area contributed by atoms with Crippen LogP contribution >= 0.6 is 0 Å². The van der Waals surface area contributed by atoms with Crippen molar-refractivity contribution in [2.24, 2.45) is 0 Å². The molecule has 110 valence electrons. The van der Waals surface area contributed by atoms with Gasteiger partial charge in [-0.05, 0) is 35.4 Å². The van der Waals surface area contributed by atoms with Crippen LogP contribution in [0.1, 0.15) is 11.1 Å². The van der Waals surface area contributed by atoms with Gasteiger partial charge in [-0.1, -0.05) is 60.7 Å². The summed E-state index contributed by atoms with van der Waals surface area (Å²) in [4.78, 5) is 0. The average Bonchev–Trinajstić information content (AvgIpc) is 2.61. The predicted octanol–water partition coefficient (Wildman–Crippen LogP) is 4.91. The Balaban J connectivity index is 1.65. The molecule has 0 amide bonds. The van der Waals surface area contributed by atoms with Gasteiger partial charge in [-0.3, -0.25) is 0 Å². The van der Waals surface area contributed by atoms with Crippen molar-refractivity contribution in [3.63, 3.8) is 0 Å². The van der Waals surface area contributed by atoms with Gasteiger partial charge in [0.1, 0.15) is 0 Å². The van der Waals surface area contributed by atoms with E-state index in [-0.39, 0.29) is 0 Å². The van der Waals surface area contributed by atoms with Gasteiger partial charge < -0.3 is 10.6 Å². The van der Waals surface area contributed by atoms with E-state index in [4.69, 9.17) is 0 Å². The molecule has 22 heavy (non-hydrogen) atoms. The zero-order valence-corrected chi connectivity index (χ0v) is 12.5. The molecule has 0 aliphatic heterocycles. The summed E-state index contributed by atoms with van der Waals surface area (Å²) in [6, 6.07) is 29.1. The highest BCUT2D eigenvalue weighted by molar-refractivity contribution is 5.46. The molecular weight excluding hydrogens is 268 g/mol. The molecule has 0 aromatic heterocycles. The lowest BCUT2D eigenvalue weighted by atomic mass is 10.1. The summed E-state index contributed by atoms with van der Waals surface area (Å²) in [5.74, 6) is 0. The first-order valence-corrected chi connectivity index (χ1v) is 7.56. The Bertz CT molecular complexity index is 631. The average molecular weight is 288 g/mol. The number of anilines is 2. The van der Waals surface area contributed by atoms with Crippen molar-refractivity contribution in [1.82, 2.24) is 0 Å². The molecule has 0 fully saturated rings. The number of benzene rings is 3. The van der Waals surface area contributed by atoms with Gasteiger partial charge in [0.25, 0.3) is 0 Å². The summed E-state index contributed by atoms with van der Waals surface area (Å²) >= 11 is 0. The molecule has 0 heterocycles. The van der Waals surface area contributed by atoms with E-state index in [1.165, 1.54) is 11.1 Å². The normalized spacial score (nSPS) is 10.2. The lowest BCUT2D eigenvalue weighted by molar-refractivity contribution is 1.05. The highest BCUT2D eigenvalue weighted by Crippen LogP contribution is 2.15. The molecule has 3 rings (SSSR count). The van der Waals surface area contributed by atoms with E-state index in [1.807, 2.05) is 36.4 Å². The van der Waals surface area contributed by atoms with Crippen molar-refractivity contribution in [1.29, 1.82) is 0 Å². The van der Waals surface area contributed by atoms with E-state index in [0.29, 0.717) is 0 Å². The Morgan fingerprint density at radius 2 is 0.818 bits per heavy atom. The maximum atomic E-state index is 3.47. The van der Waals surface area contributed by atoms with Crippen LogP contribution in [0.3, 0.4) is 0 Å². The van der Waals surface area contributed by atoms with E-state index < -0.39 is 0 Å². The standard InChI is InChI=1S/C20H20N2/c1-3-11-19(12-4-1)21-15-17-9-7-8-10-18(17)16-22-20-13-5-2-6-14-20/h1-14,21-22H,15-16H2. The van der Waals surface area contributed by atoms with Gasteiger partial charge in [0.05, 0.1) is 0 Å². The molecule has 0 atom stereocenters. The van der Waals surface area contributed by atoms with Crippen LogP contribution in [0.15, 0.2) is 84.9 Å². The number of rotatable bonds is 6. The van der Waals surface area contributed by atoms with E-state index >= 15 is 0 Å². The van der Waals surface area contributed by atoms with Gasteiger partial charge in [0.15, 0.2) is 0 Å². The molecule has 0 aliphatic rings. The van der Waals surface area contributed by atoms with Gasteiger partial charge in [-0.25, -0.2) is 0 Å². The summed E-state index contributed by atoms with van der Waals surface area (Å²) < 4.78 is 0. The molecule has 3 aromatic rings. The quantitative estimate of drug-likeness (QED) is 0.673. The van der Waals surface area contributed by atoms with Gasteiger partial charge in [0.2, 0.25) is 0 Å². The Labute approximate surface area is 131 Å². The predicted molar refractivity (Wildman–Crippen MR) is 94.0 cm³/mol. The Hall–Kier alpha value is -2.74. The SMILES string of the molecule is c1ccc(NCc2ccccc2CNc2ccccc2)cc1. The van der Waals surface area contributed by atoms with Gasteiger partial charge >= 0.3 is 0 Å². The second-order valence-corrected chi connectivity index (χ2v) is 5.21. The van der Waals surface area contributed by atoms with Crippen LogP contribution < -0.4 is 10.6 Å². The molecule has 0 unspecified atom stereocenters. The maximum Gasteiger partial charge on any atom is 0.0404 e. The maximum absolute atomic E-state index is 3.47. The van der Waals surface area contributed by atoms with Crippen molar-refractivity contribution in [3.05, 3.63) is 96.1 Å². The molecule has 0 spiro atoms. The zero-order chi connectivity index (χ0) is 15.0. The summed E-state index contributed by atoms with van der Waals surface area (Å²) in [6.45, 7) is 1.66. The van der Waals surface area contributed by atoms with Crippen LogP contribution in [0.2, 0.25) is 0 Å². The van der Waals surface area contributed by atoms with Crippen LogP contribution in [-0.4, -0.2) is 0 Å². The van der Waals surface area contributed by atoms with Gasteiger partial charge in [-0.15, -0.1) is 0 Å². The zero-order valence-electron chi connectivity index (χ0n) is 12.5. The number of nitrogens with one attached hydrogen (secondary N) is 2. The third kappa shape index (κ3) is 3.89. The Morgan fingerprint density at radius 1 is 0.455 bits per heavy atom. The monoisotopic (exact) mass is 288 g/mol. The summed E-state index contributed by atoms with van der Waals surface area (Å²) in [5, 5.41) is 6.94. The third-order valence-corrected chi connectivity index (χ3v) is 3.63. The minimum atomic E-state index is 0.830. The molecule has 2 nitrogen and oxygen atoms in total. The van der Waals surface area contributed by atoms with E-state index in [9.17, 15) is 0 Å². The third-order valence-electron chi connectivity index (χ3n) is 3.63. The highest BCUT2D eigenvalue weighted by Gasteiger charge is 2.02. The number of para-hydroxylation sites is 2. The van der Waals surface area contributed by atoms with Crippen molar-refractivity contribution in [2.75, 3.05) is 10.6 Å². The second kappa shape index (κ2) is 7.32. The second-order valence-electron chi connectivity index (χ2n) is 5.21. The molecule has 2 N–H and O–H groups in total. The highest BCUT2D eigenvalue weighted by atomic mass is 14.9.